The molecule has 0 spiro atoms. The molecule has 6 nitrogen and oxygen atoms in total. The summed E-state index contributed by atoms with van der Waals surface area (Å²) in [7, 11) is 0. The van der Waals surface area contributed by atoms with E-state index >= 15 is 0 Å². The van der Waals surface area contributed by atoms with Gasteiger partial charge in [0.25, 0.3) is 0 Å². The monoisotopic (exact) mass is 230 g/mol. The highest BCUT2D eigenvalue weighted by Gasteiger charge is 2.35. The van der Waals surface area contributed by atoms with E-state index in [1.54, 1.807) is 6.92 Å². The van der Waals surface area contributed by atoms with Gasteiger partial charge in [-0.15, -0.1) is 0 Å². The van der Waals surface area contributed by atoms with Gasteiger partial charge >= 0.3 is 5.97 Å². The van der Waals surface area contributed by atoms with Crippen LogP contribution in [0.2, 0.25) is 0 Å². The molecular weight excluding hydrogens is 212 g/mol. The van der Waals surface area contributed by atoms with E-state index in [0.717, 1.165) is 0 Å². The van der Waals surface area contributed by atoms with Crippen LogP contribution in [-0.4, -0.2) is 58.3 Å². The molecule has 16 heavy (non-hydrogen) atoms. The molecular formula is C10H18N2O4. The third kappa shape index (κ3) is 3.18. The van der Waals surface area contributed by atoms with Gasteiger partial charge in [-0.25, -0.2) is 0 Å². The van der Waals surface area contributed by atoms with Gasteiger partial charge in [0.05, 0.1) is 12.1 Å². The van der Waals surface area contributed by atoms with E-state index in [1.807, 2.05) is 6.92 Å². The van der Waals surface area contributed by atoms with Crippen molar-refractivity contribution in [2.75, 3.05) is 19.6 Å². The van der Waals surface area contributed by atoms with Gasteiger partial charge in [-0.1, -0.05) is 6.92 Å². The number of amides is 1. The minimum Gasteiger partial charge on any atom is -0.480 e. The first-order valence-electron chi connectivity index (χ1n) is 5.31. The van der Waals surface area contributed by atoms with Gasteiger partial charge in [0.2, 0.25) is 5.91 Å². The van der Waals surface area contributed by atoms with E-state index in [2.05, 4.69) is 5.32 Å². The normalized spacial score (nSPS) is 25.9. The van der Waals surface area contributed by atoms with Crippen LogP contribution in [0.5, 0.6) is 0 Å². The molecule has 1 rings (SSSR count). The lowest BCUT2D eigenvalue weighted by Crippen LogP contribution is -2.60. The van der Waals surface area contributed by atoms with Gasteiger partial charge in [0.1, 0.15) is 6.04 Å². The number of rotatable bonds is 4. The molecule has 3 N–H and O–H groups in total. The quantitative estimate of drug-likeness (QED) is 0.578. The third-order valence-corrected chi connectivity index (χ3v) is 2.87. The summed E-state index contributed by atoms with van der Waals surface area (Å²) in [4.78, 5) is 23.7. The Labute approximate surface area is 94.2 Å². The molecule has 1 heterocycles. The highest BCUT2D eigenvalue weighted by molar-refractivity contribution is 5.83. The Morgan fingerprint density at radius 3 is 2.81 bits per heavy atom. The second-order valence-corrected chi connectivity index (χ2v) is 4.41. The fraction of sp³-hybridized carbons (Fsp3) is 0.800. The van der Waals surface area contributed by atoms with Crippen molar-refractivity contribution in [3.8, 4) is 0 Å². The number of nitrogens with one attached hydrogen (secondary N) is 1. The van der Waals surface area contributed by atoms with Crippen molar-refractivity contribution in [1.29, 1.82) is 0 Å². The standard InChI is InChI=1S/C10H18N2O4/c1-3-10(2,16)6-12-5-8(13)11-4-7(12)9(14)15/h7,16H,3-6H2,1-2H3,(H,11,13)(H,14,15). The van der Waals surface area contributed by atoms with Crippen LogP contribution in [0.4, 0.5) is 0 Å². The summed E-state index contributed by atoms with van der Waals surface area (Å²) in [6.07, 6.45) is 0.511. The zero-order valence-electron chi connectivity index (χ0n) is 9.56. The molecule has 2 atom stereocenters. The first-order chi connectivity index (χ1) is 7.35. The van der Waals surface area contributed by atoms with Crippen LogP contribution < -0.4 is 5.32 Å². The fourth-order valence-corrected chi connectivity index (χ4v) is 1.65. The minimum absolute atomic E-state index is 0.0209. The number of piperazine rings is 1. The molecule has 6 heteroatoms. The van der Waals surface area contributed by atoms with Crippen LogP contribution in [0, 0.1) is 0 Å². The summed E-state index contributed by atoms with van der Waals surface area (Å²) < 4.78 is 0. The molecule has 0 bridgehead atoms. The van der Waals surface area contributed by atoms with Crippen molar-refractivity contribution < 1.29 is 19.8 Å². The maximum atomic E-state index is 11.2. The summed E-state index contributed by atoms with van der Waals surface area (Å²) in [6.45, 7) is 3.76. The fourth-order valence-electron chi connectivity index (χ4n) is 1.65. The van der Waals surface area contributed by atoms with Crippen LogP contribution >= 0.6 is 0 Å². The van der Waals surface area contributed by atoms with Gasteiger partial charge in [0.15, 0.2) is 0 Å². The Morgan fingerprint density at radius 2 is 2.31 bits per heavy atom. The molecule has 0 aromatic heterocycles. The zero-order chi connectivity index (χ0) is 12.3. The second-order valence-electron chi connectivity index (χ2n) is 4.41. The summed E-state index contributed by atoms with van der Waals surface area (Å²) in [5, 5.41) is 21.4. The minimum atomic E-state index is -0.980. The number of carbonyl (C=O) groups is 2. The van der Waals surface area contributed by atoms with Gasteiger partial charge < -0.3 is 15.5 Å². The predicted octanol–water partition coefficient (Wildman–Crippen LogP) is -0.968. The summed E-state index contributed by atoms with van der Waals surface area (Å²) >= 11 is 0. The molecule has 2 unspecified atom stereocenters. The number of aliphatic carboxylic acids is 1. The number of nitrogens with zero attached hydrogens (tertiary/aromatic N) is 1. The van der Waals surface area contributed by atoms with E-state index in [-0.39, 0.29) is 25.5 Å². The number of hydrogen-bond donors (Lipinski definition) is 3. The molecule has 0 aliphatic carbocycles. The van der Waals surface area contributed by atoms with Crippen LogP contribution in [0.3, 0.4) is 0 Å². The molecule has 0 aromatic carbocycles. The number of hydrogen-bond acceptors (Lipinski definition) is 4. The largest absolute Gasteiger partial charge is 0.480 e. The molecule has 1 aliphatic heterocycles. The Kier molecular flexibility index (Phi) is 3.88. The van der Waals surface area contributed by atoms with Crippen LogP contribution in [-0.2, 0) is 9.59 Å². The van der Waals surface area contributed by atoms with Crippen molar-refractivity contribution in [3.63, 3.8) is 0 Å². The van der Waals surface area contributed by atoms with Crippen molar-refractivity contribution in [2.24, 2.45) is 0 Å². The molecule has 1 saturated heterocycles. The van der Waals surface area contributed by atoms with E-state index in [4.69, 9.17) is 5.11 Å². The first kappa shape index (κ1) is 12.9. The van der Waals surface area contributed by atoms with Gasteiger partial charge in [-0.2, -0.15) is 0 Å². The lowest BCUT2D eigenvalue weighted by Gasteiger charge is -2.37. The molecule has 1 fully saturated rings. The van der Waals surface area contributed by atoms with Gasteiger partial charge in [-0.3, -0.25) is 14.5 Å². The zero-order valence-corrected chi connectivity index (χ0v) is 9.56. The third-order valence-electron chi connectivity index (χ3n) is 2.87. The number of carboxylic acids is 1. The van der Waals surface area contributed by atoms with Crippen molar-refractivity contribution >= 4 is 11.9 Å². The Balaban J connectivity index is 2.72. The predicted molar refractivity (Wildman–Crippen MR) is 56.9 cm³/mol. The summed E-state index contributed by atoms with van der Waals surface area (Å²) in [5.41, 5.74) is -0.967. The van der Waals surface area contributed by atoms with E-state index < -0.39 is 17.6 Å². The van der Waals surface area contributed by atoms with E-state index in [0.29, 0.717) is 6.42 Å². The highest BCUT2D eigenvalue weighted by Crippen LogP contribution is 2.14. The topological polar surface area (TPSA) is 89.9 Å². The number of β-amino-alcohol motifs (C(OH)–C–C–N with tert-alkyl or cyclic N) is 1. The Hall–Kier alpha value is -1.14. The van der Waals surface area contributed by atoms with Crippen LogP contribution in [0.1, 0.15) is 20.3 Å². The maximum absolute atomic E-state index is 11.2. The Morgan fingerprint density at radius 1 is 1.69 bits per heavy atom. The lowest BCUT2D eigenvalue weighted by atomic mass is 10.0. The molecule has 92 valence electrons. The SMILES string of the molecule is CCC(C)(O)CN1CC(=O)NCC1C(=O)O. The number of aliphatic hydroxyl groups is 1. The molecule has 1 amide bonds. The molecule has 0 radical (unpaired) electrons. The van der Waals surface area contributed by atoms with E-state index in [9.17, 15) is 14.7 Å². The highest BCUT2D eigenvalue weighted by atomic mass is 16.4. The second kappa shape index (κ2) is 4.80. The van der Waals surface area contributed by atoms with Crippen molar-refractivity contribution in [3.05, 3.63) is 0 Å². The number of carbonyl (C=O) groups excluding carboxylic acids is 1. The smallest absolute Gasteiger partial charge is 0.322 e. The molecule has 0 aromatic rings. The number of carboxylic acid groups (broad SMARTS) is 1. The van der Waals surface area contributed by atoms with Crippen molar-refractivity contribution in [2.45, 2.75) is 31.9 Å². The van der Waals surface area contributed by atoms with Gasteiger partial charge in [-0.05, 0) is 13.3 Å². The van der Waals surface area contributed by atoms with Crippen molar-refractivity contribution in [1.82, 2.24) is 10.2 Å². The van der Waals surface area contributed by atoms with Crippen LogP contribution in [0.15, 0.2) is 0 Å². The molecule has 0 saturated carbocycles. The summed E-state index contributed by atoms with van der Waals surface area (Å²) in [6, 6.07) is -0.754. The lowest BCUT2D eigenvalue weighted by molar-refractivity contribution is -0.147. The average molecular weight is 230 g/mol. The molecule has 1 aliphatic rings. The van der Waals surface area contributed by atoms with E-state index in [1.165, 1.54) is 4.90 Å². The Bertz CT molecular complexity index is 291. The first-order valence-corrected chi connectivity index (χ1v) is 5.31. The summed E-state index contributed by atoms with van der Waals surface area (Å²) in [5.74, 6) is -1.18. The van der Waals surface area contributed by atoms with Crippen LogP contribution in [0.25, 0.3) is 0 Å². The average Bonchev–Trinajstić information content (AvgIpc) is 2.16. The van der Waals surface area contributed by atoms with Gasteiger partial charge in [0, 0.05) is 13.1 Å². The maximum Gasteiger partial charge on any atom is 0.322 e.